The normalized spacial score (nSPS) is 15.9. The zero-order valence-electron chi connectivity index (χ0n) is 19.8. The third kappa shape index (κ3) is 4.49. The summed E-state index contributed by atoms with van der Waals surface area (Å²) in [6.45, 7) is 1.40. The number of ether oxygens (including phenoxy) is 3. The average molecular weight is 514 g/mol. The first-order chi connectivity index (χ1) is 17.0. The Hall–Kier alpha value is -4.34. The van der Waals surface area contributed by atoms with Crippen LogP contribution in [0.5, 0.6) is 5.75 Å². The monoisotopic (exact) mass is 513 g/mol. The van der Waals surface area contributed by atoms with Gasteiger partial charge in [-0.3, -0.25) is 9.45 Å². The molecular formula is C24H23N3O8S. The number of esters is 2. The standard InChI is InChI=1S/C24H23N3O8S/c1-13-10-16(17(33-2)11-18(13)36(30,31)32)27-21(24(29)35-4)20(23(28)34-3)19(15(12-25)22(27)26)14-8-6-5-7-9-14/h5-11,19H,26H2,1-4H3,(H,30,31,32). The van der Waals surface area contributed by atoms with Gasteiger partial charge in [-0.05, 0) is 24.1 Å². The highest BCUT2D eigenvalue weighted by Crippen LogP contribution is 2.46. The quantitative estimate of drug-likeness (QED) is 0.428. The Balaban J connectivity index is 2.49. The van der Waals surface area contributed by atoms with Gasteiger partial charge >= 0.3 is 11.9 Å². The number of rotatable bonds is 6. The van der Waals surface area contributed by atoms with Gasteiger partial charge in [-0.2, -0.15) is 13.7 Å². The number of anilines is 1. The van der Waals surface area contributed by atoms with Gasteiger partial charge in [0.2, 0.25) is 0 Å². The summed E-state index contributed by atoms with van der Waals surface area (Å²) in [6.07, 6.45) is 0. The molecule has 2 aromatic rings. The van der Waals surface area contributed by atoms with E-state index in [1.807, 2.05) is 6.07 Å². The molecule has 11 nitrogen and oxygen atoms in total. The molecule has 0 aromatic heterocycles. The van der Waals surface area contributed by atoms with E-state index in [0.29, 0.717) is 5.56 Å². The summed E-state index contributed by atoms with van der Waals surface area (Å²) >= 11 is 0. The summed E-state index contributed by atoms with van der Waals surface area (Å²) in [4.78, 5) is 26.9. The average Bonchev–Trinajstić information content (AvgIpc) is 2.86. The van der Waals surface area contributed by atoms with Crippen LogP contribution in [0.3, 0.4) is 0 Å². The summed E-state index contributed by atoms with van der Waals surface area (Å²) < 4.78 is 48.5. The van der Waals surface area contributed by atoms with Crippen LogP contribution in [-0.4, -0.2) is 46.2 Å². The van der Waals surface area contributed by atoms with Gasteiger partial charge in [-0.1, -0.05) is 30.3 Å². The minimum Gasteiger partial charge on any atom is -0.495 e. The lowest BCUT2D eigenvalue weighted by Crippen LogP contribution is -2.41. The Morgan fingerprint density at radius 3 is 2.19 bits per heavy atom. The lowest BCUT2D eigenvalue weighted by atomic mass is 9.81. The van der Waals surface area contributed by atoms with Crippen molar-refractivity contribution in [1.29, 1.82) is 5.26 Å². The molecule has 0 amide bonds. The van der Waals surface area contributed by atoms with Gasteiger partial charge in [-0.15, -0.1) is 0 Å². The number of carbonyl (C=O) groups is 2. The number of nitrogens with zero attached hydrogens (tertiary/aromatic N) is 2. The van der Waals surface area contributed by atoms with E-state index in [1.165, 1.54) is 20.1 Å². The minimum atomic E-state index is -4.62. The van der Waals surface area contributed by atoms with Crippen molar-refractivity contribution in [1.82, 2.24) is 0 Å². The van der Waals surface area contributed by atoms with Gasteiger partial charge in [0.05, 0.1) is 50.2 Å². The topological polar surface area (TPSA) is 169 Å². The maximum absolute atomic E-state index is 13.1. The molecule has 1 aliphatic heterocycles. The summed E-state index contributed by atoms with van der Waals surface area (Å²) in [5, 5.41) is 10.1. The molecule has 1 aliphatic rings. The number of methoxy groups -OCH3 is 3. The van der Waals surface area contributed by atoms with Crippen molar-refractivity contribution >= 4 is 27.7 Å². The van der Waals surface area contributed by atoms with Crippen LogP contribution in [0.15, 0.2) is 70.0 Å². The Labute approximate surface area is 207 Å². The fourth-order valence-corrected chi connectivity index (χ4v) is 4.76. The molecule has 188 valence electrons. The molecule has 0 aliphatic carbocycles. The molecule has 12 heteroatoms. The van der Waals surface area contributed by atoms with Gasteiger partial charge in [0.25, 0.3) is 10.1 Å². The molecule has 1 heterocycles. The second-order valence-electron chi connectivity index (χ2n) is 7.60. The third-order valence-electron chi connectivity index (χ3n) is 5.61. The largest absolute Gasteiger partial charge is 0.495 e. The second kappa shape index (κ2) is 10.1. The van der Waals surface area contributed by atoms with Gasteiger partial charge in [0.15, 0.2) is 0 Å². The maximum atomic E-state index is 13.1. The van der Waals surface area contributed by atoms with Crippen LogP contribution in [0.2, 0.25) is 0 Å². The van der Waals surface area contributed by atoms with E-state index in [2.05, 4.69) is 0 Å². The first kappa shape index (κ1) is 26.3. The number of allylic oxidation sites excluding steroid dienone is 1. The van der Waals surface area contributed by atoms with E-state index in [4.69, 9.17) is 19.9 Å². The Bertz CT molecular complexity index is 1440. The molecule has 3 N–H and O–H groups in total. The lowest BCUT2D eigenvalue weighted by Gasteiger charge is -2.36. The van der Waals surface area contributed by atoms with Crippen LogP contribution in [0.4, 0.5) is 5.69 Å². The highest BCUT2D eigenvalue weighted by Gasteiger charge is 2.43. The molecule has 1 atom stereocenters. The SMILES string of the molecule is COC(=O)C1=C(C(=O)OC)N(c2cc(C)c(S(=O)(=O)O)cc2OC)C(N)=C(C#N)C1c1ccccc1. The van der Waals surface area contributed by atoms with Gasteiger partial charge < -0.3 is 19.9 Å². The minimum absolute atomic E-state index is 0.0148. The van der Waals surface area contributed by atoms with Crippen LogP contribution >= 0.6 is 0 Å². The molecule has 0 fully saturated rings. The van der Waals surface area contributed by atoms with Crippen molar-refractivity contribution in [2.24, 2.45) is 5.73 Å². The van der Waals surface area contributed by atoms with Crippen molar-refractivity contribution < 1.29 is 36.8 Å². The number of carbonyl (C=O) groups excluding carboxylic acids is 2. The van der Waals surface area contributed by atoms with Crippen LogP contribution in [-0.2, 0) is 29.2 Å². The first-order valence-electron chi connectivity index (χ1n) is 10.3. The Kier molecular flexibility index (Phi) is 7.37. The van der Waals surface area contributed by atoms with E-state index >= 15 is 0 Å². The van der Waals surface area contributed by atoms with Crippen molar-refractivity contribution in [3.05, 3.63) is 76.3 Å². The number of nitriles is 1. The Morgan fingerprint density at radius 1 is 1.08 bits per heavy atom. The van der Waals surface area contributed by atoms with Gasteiger partial charge in [0, 0.05) is 6.07 Å². The van der Waals surface area contributed by atoms with Crippen LogP contribution < -0.4 is 15.4 Å². The highest BCUT2D eigenvalue weighted by atomic mass is 32.2. The molecule has 2 aromatic carbocycles. The molecule has 0 saturated carbocycles. The van der Waals surface area contributed by atoms with E-state index in [-0.39, 0.29) is 39.7 Å². The van der Waals surface area contributed by atoms with Crippen molar-refractivity contribution in [2.45, 2.75) is 17.7 Å². The number of hydrogen-bond donors (Lipinski definition) is 2. The fourth-order valence-electron chi connectivity index (χ4n) is 4.03. The molecule has 0 radical (unpaired) electrons. The number of benzene rings is 2. The van der Waals surface area contributed by atoms with Crippen LogP contribution in [0.25, 0.3) is 0 Å². The summed E-state index contributed by atoms with van der Waals surface area (Å²) in [5.41, 5.74) is 6.37. The molecule has 0 bridgehead atoms. The lowest BCUT2D eigenvalue weighted by molar-refractivity contribution is -0.139. The predicted octanol–water partition coefficient (Wildman–Crippen LogP) is 2.15. The molecule has 0 saturated heterocycles. The summed E-state index contributed by atoms with van der Waals surface area (Å²) in [7, 11) is -1.17. The number of nitrogens with two attached hydrogens (primary N) is 1. The first-order valence-corrected chi connectivity index (χ1v) is 11.8. The molecule has 3 rings (SSSR count). The number of aryl methyl sites for hydroxylation is 1. The summed E-state index contributed by atoms with van der Waals surface area (Å²) in [6, 6.07) is 12.8. The van der Waals surface area contributed by atoms with E-state index < -0.39 is 32.9 Å². The molecule has 36 heavy (non-hydrogen) atoms. The smallest absolute Gasteiger partial charge is 0.355 e. The summed E-state index contributed by atoms with van der Waals surface area (Å²) in [5.74, 6) is -3.32. The molecule has 0 spiro atoms. The Morgan fingerprint density at radius 2 is 1.69 bits per heavy atom. The van der Waals surface area contributed by atoms with Crippen molar-refractivity contribution in [2.75, 3.05) is 26.2 Å². The van der Waals surface area contributed by atoms with E-state index in [0.717, 1.165) is 25.2 Å². The fraction of sp³-hybridized carbons (Fsp3) is 0.208. The van der Waals surface area contributed by atoms with E-state index in [1.54, 1.807) is 30.3 Å². The zero-order valence-corrected chi connectivity index (χ0v) is 20.6. The van der Waals surface area contributed by atoms with Crippen molar-refractivity contribution in [3.63, 3.8) is 0 Å². The van der Waals surface area contributed by atoms with Gasteiger partial charge in [-0.25, -0.2) is 9.59 Å². The predicted molar refractivity (Wildman–Crippen MR) is 127 cm³/mol. The zero-order chi connectivity index (χ0) is 26.8. The second-order valence-corrected chi connectivity index (χ2v) is 8.99. The third-order valence-corrected chi connectivity index (χ3v) is 6.60. The van der Waals surface area contributed by atoms with Crippen LogP contribution in [0.1, 0.15) is 17.0 Å². The molecular weight excluding hydrogens is 490 g/mol. The van der Waals surface area contributed by atoms with Crippen LogP contribution in [0, 0.1) is 18.3 Å². The number of hydrogen-bond acceptors (Lipinski definition) is 10. The molecule has 1 unspecified atom stereocenters. The van der Waals surface area contributed by atoms with E-state index in [9.17, 15) is 27.8 Å². The van der Waals surface area contributed by atoms with Gasteiger partial charge in [0.1, 0.15) is 22.2 Å². The maximum Gasteiger partial charge on any atom is 0.355 e. The van der Waals surface area contributed by atoms with Crippen molar-refractivity contribution in [3.8, 4) is 11.8 Å². The highest BCUT2D eigenvalue weighted by molar-refractivity contribution is 7.85.